The summed E-state index contributed by atoms with van der Waals surface area (Å²) in [5, 5.41) is 4.60. The maximum Gasteiger partial charge on any atom is 0.230 e. The number of rotatable bonds is 6. The lowest BCUT2D eigenvalue weighted by atomic mass is 10.2. The highest BCUT2D eigenvalue weighted by Gasteiger charge is 2.19. The molecule has 2 aromatic heterocycles. The van der Waals surface area contributed by atoms with Gasteiger partial charge in [-0.05, 0) is 30.5 Å². The highest BCUT2D eigenvalue weighted by molar-refractivity contribution is 8.00. The number of nitrogens with zero attached hydrogens (tertiary/aromatic N) is 4. The number of hydrogen-bond acceptors (Lipinski definition) is 7. The number of nitrogens with one attached hydrogen (secondary N) is 1. The van der Waals surface area contributed by atoms with Crippen molar-refractivity contribution in [2.45, 2.75) is 24.4 Å². The molecule has 1 N–H and O–H groups in total. The molecule has 0 aliphatic carbocycles. The standard InChI is InChI=1S/C18H18FN5OS2/c19-13-5-3-12(4-6-13)9-20-14(25)10-26-17-15-16(21-11-22-17)23-18(27-15)24-7-1-2-8-24/h3-6,11H,1-2,7-10H2,(H,20,25). The zero-order valence-corrected chi connectivity index (χ0v) is 16.2. The Kier molecular flexibility index (Phi) is 5.49. The van der Waals surface area contributed by atoms with Crippen LogP contribution in [0.1, 0.15) is 18.4 Å². The number of anilines is 1. The van der Waals surface area contributed by atoms with Crippen LogP contribution in [0.5, 0.6) is 0 Å². The van der Waals surface area contributed by atoms with Gasteiger partial charge in [-0.25, -0.2) is 14.4 Å². The number of aromatic nitrogens is 3. The molecule has 0 spiro atoms. The first-order chi connectivity index (χ1) is 13.2. The molecule has 0 atom stereocenters. The van der Waals surface area contributed by atoms with Crippen molar-refractivity contribution < 1.29 is 9.18 Å². The van der Waals surface area contributed by atoms with Crippen molar-refractivity contribution in [2.24, 2.45) is 0 Å². The number of halogens is 1. The van der Waals surface area contributed by atoms with Crippen LogP contribution >= 0.6 is 23.1 Å². The fourth-order valence-corrected chi connectivity index (χ4v) is 4.83. The molecule has 1 aliphatic heterocycles. The Morgan fingerprint density at radius 2 is 2.00 bits per heavy atom. The van der Waals surface area contributed by atoms with E-state index in [1.165, 1.54) is 43.1 Å². The van der Waals surface area contributed by atoms with Crippen LogP contribution in [0, 0.1) is 5.82 Å². The third kappa shape index (κ3) is 4.36. The Labute approximate surface area is 164 Å². The molecule has 0 saturated carbocycles. The van der Waals surface area contributed by atoms with E-state index in [4.69, 9.17) is 0 Å². The van der Waals surface area contributed by atoms with Gasteiger partial charge in [0.1, 0.15) is 21.9 Å². The number of fused-ring (bicyclic) bond motifs is 1. The first-order valence-corrected chi connectivity index (χ1v) is 10.5. The van der Waals surface area contributed by atoms with E-state index in [9.17, 15) is 9.18 Å². The van der Waals surface area contributed by atoms with Gasteiger partial charge in [0, 0.05) is 19.6 Å². The highest BCUT2D eigenvalue weighted by Crippen LogP contribution is 2.34. The molecule has 27 heavy (non-hydrogen) atoms. The Balaban J connectivity index is 1.37. The summed E-state index contributed by atoms with van der Waals surface area (Å²) < 4.78 is 13.8. The van der Waals surface area contributed by atoms with Crippen LogP contribution in [-0.2, 0) is 11.3 Å². The van der Waals surface area contributed by atoms with Gasteiger partial charge in [0.05, 0.1) is 5.75 Å². The van der Waals surface area contributed by atoms with Crippen LogP contribution in [0.4, 0.5) is 9.52 Å². The third-order valence-corrected chi connectivity index (χ3v) is 6.50. The Morgan fingerprint density at radius 1 is 1.22 bits per heavy atom. The fraction of sp³-hybridized carbons (Fsp3) is 0.333. The summed E-state index contributed by atoms with van der Waals surface area (Å²) in [5.41, 5.74) is 1.54. The van der Waals surface area contributed by atoms with Gasteiger partial charge in [-0.1, -0.05) is 35.2 Å². The molecule has 1 aromatic carbocycles. The summed E-state index contributed by atoms with van der Waals surface area (Å²) in [5.74, 6) is -0.129. The Bertz CT molecular complexity index is 941. The van der Waals surface area contributed by atoms with E-state index in [2.05, 4.69) is 25.2 Å². The lowest BCUT2D eigenvalue weighted by Gasteiger charge is -2.11. The van der Waals surface area contributed by atoms with Crippen LogP contribution in [0.25, 0.3) is 10.3 Å². The molecular weight excluding hydrogens is 385 g/mol. The molecule has 1 saturated heterocycles. The maximum atomic E-state index is 12.9. The largest absolute Gasteiger partial charge is 0.351 e. The van der Waals surface area contributed by atoms with E-state index in [0.717, 1.165) is 33.5 Å². The number of carbonyl (C=O) groups excluding carboxylic acids is 1. The van der Waals surface area contributed by atoms with Crippen molar-refractivity contribution in [3.63, 3.8) is 0 Å². The predicted molar refractivity (Wildman–Crippen MR) is 106 cm³/mol. The minimum absolute atomic E-state index is 0.0969. The molecule has 4 rings (SSSR count). The minimum Gasteiger partial charge on any atom is -0.351 e. The molecule has 1 fully saturated rings. The lowest BCUT2D eigenvalue weighted by Crippen LogP contribution is -2.24. The van der Waals surface area contributed by atoms with E-state index in [1.54, 1.807) is 23.5 Å². The molecule has 9 heteroatoms. The first kappa shape index (κ1) is 18.1. The van der Waals surface area contributed by atoms with Crippen molar-refractivity contribution in [3.05, 3.63) is 42.0 Å². The number of amides is 1. The molecular formula is C18H18FN5OS2. The first-order valence-electron chi connectivity index (χ1n) is 8.69. The maximum absolute atomic E-state index is 12.9. The summed E-state index contributed by atoms with van der Waals surface area (Å²) in [6, 6.07) is 6.09. The summed E-state index contributed by atoms with van der Waals surface area (Å²) in [6.45, 7) is 2.43. The minimum atomic E-state index is -0.286. The zero-order chi connectivity index (χ0) is 18.6. The average Bonchev–Trinajstić information content (AvgIpc) is 3.35. The van der Waals surface area contributed by atoms with Crippen LogP contribution in [0.3, 0.4) is 0 Å². The van der Waals surface area contributed by atoms with Crippen LogP contribution < -0.4 is 10.2 Å². The van der Waals surface area contributed by atoms with Crippen molar-refractivity contribution >= 4 is 44.5 Å². The molecule has 0 bridgehead atoms. The molecule has 0 unspecified atom stereocenters. The van der Waals surface area contributed by atoms with Crippen molar-refractivity contribution in [3.8, 4) is 0 Å². The summed E-state index contributed by atoms with van der Waals surface area (Å²) in [4.78, 5) is 27.6. The smallest absolute Gasteiger partial charge is 0.230 e. The van der Waals surface area contributed by atoms with Gasteiger partial charge in [-0.15, -0.1) is 0 Å². The van der Waals surface area contributed by atoms with Gasteiger partial charge in [-0.3, -0.25) is 4.79 Å². The third-order valence-electron chi connectivity index (χ3n) is 4.27. The lowest BCUT2D eigenvalue weighted by molar-refractivity contribution is -0.118. The van der Waals surface area contributed by atoms with Crippen molar-refractivity contribution in [1.82, 2.24) is 20.3 Å². The number of carbonyl (C=O) groups is 1. The Hall–Kier alpha value is -2.26. The van der Waals surface area contributed by atoms with Crippen molar-refractivity contribution in [2.75, 3.05) is 23.7 Å². The van der Waals surface area contributed by atoms with Crippen LogP contribution in [0.2, 0.25) is 0 Å². The number of hydrogen-bond donors (Lipinski definition) is 1. The van der Waals surface area contributed by atoms with Gasteiger partial charge >= 0.3 is 0 Å². The SMILES string of the molecule is O=C(CSc1ncnc2nc(N3CCCC3)sc12)NCc1ccc(F)cc1. The summed E-state index contributed by atoms with van der Waals surface area (Å²) in [7, 11) is 0. The van der Waals surface area contributed by atoms with Gasteiger partial charge in [0.2, 0.25) is 5.91 Å². The molecule has 3 heterocycles. The van der Waals surface area contributed by atoms with Crippen LogP contribution in [0.15, 0.2) is 35.6 Å². The van der Waals surface area contributed by atoms with Gasteiger partial charge in [-0.2, -0.15) is 4.98 Å². The number of thiazole rings is 1. The Morgan fingerprint density at radius 3 is 2.78 bits per heavy atom. The molecule has 0 radical (unpaired) electrons. The van der Waals surface area contributed by atoms with E-state index < -0.39 is 0 Å². The topological polar surface area (TPSA) is 71.0 Å². The summed E-state index contributed by atoms with van der Waals surface area (Å²) in [6.07, 6.45) is 3.88. The second-order valence-electron chi connectivity index (χ2n) is 6.21. The fourth-order valence-electron chi connectivity index (χ4n) is 2.86. The van der Waals surface area contributed by atoms with E-state index in [0.29, 0.717) is 12.2 Å². The van der Waals surface area contributed by atoms with Gasteiger partial charge < -0.3 is 10.2 Å². The monoisotopic (exact) mass is 403 g/mol. The van der Waals surface area contributed by atoms with E-state index in [1.807, 2.05) is 0 Å². The molecule has 1 amide bonds. The molecule has 140 valence electrons. The van der Waals surface area contributed by atoms with E-state index >= 15 is 0 Å². The normalized spacial score (nSPS) is 14.0. The summed E-state index contributed by atoms with van der Waals surface area (Å²) >= 11 is 2.97. The number of thioether (sulfide) groups is 1. The van der Waals surface area contributed by atoms with Gasteiger partial charge in [0.25, 0.3) is 0 Å². The second-order valence-corrected chi connectivity index (χ2v) is 8.16. The molecule has 3 aromatic rings. The zero-order valence-electron chi connectivity index (χ0n) is 14.5. The molecule has 6 nitrogen and oxygen atoms in total. The second kappa shape index (κ2) is 8.18. The highest BCUT2D eigenvalue weighted by atomic mass is 32.2. The van der Waals surface area contributed by atoms with Crippen molar-refractivity contribution in [1.29, 1.82) is 0 Å². The van der Waals surface area contributed by atoms with E-state index in [-0.39, 0.29) is 17.5 Å². The average molecular weight is 404 g/mol. The van der Waals surface area contributed by atoms with Crippen LogP contribution in [-0.4, -0.2) is 39.7 Å². The molecule has 1 aliphatic rings. The predicted octanol–water partition coefficient (Wildman–Crippen LogP) is 3.23. The quantitative estimate of drug-likeness (QED) is 0.503. The number of benzene rings is 1. The van der Waals surface area contributed by atoms with Gasteiger partial charge in [0.15, 0.2) is 10.8 Å².